The fourth-order valence-electron chi connectivity index (χ4n) is 2.10. The second kappa shape index (κ2) is 6.27. The van der Waals surface area contributed by atoms with Gasteiger partial charge in [0.2, 0.25) is 10.0 Å². The van der Waals surface area contributed by atoms with Gasteiger partial charge >= 0.3 is 0 Å². The van der Waals surface area contributed by atoms with Crippen molar-refractivity contribution < 1.29 is 21.9 Å². The monoisotopic (exact) mass is 328 g/mol. The summed E-state index contributed by atoms with van der Waals surface area (Å²) in [6, 6.07) is 0. The minimum absolute atomic E-state index is 0.335. The van der Waals surface area contributed by atoms with Crippen LogP contribution in [-0.2, 0) is 19.9 Å². The molecule has 0 aromatic rings. The number of rotatable bonds is 6. The number of hydrogen-bond acceptors (Lipinski definition) is 6. The highest BCUT2D eigenvalue weighted by Crippen LogP contribution is 2.12. The molecule has 7 nitrogen and oxygen atoms in total. The lowest BCUT2D eigenvalue weighted by molar-refractivity contribution is 0.0263. The van der Waals surface area contributed by atoms with Crippen LogP contribution in [0.5, 0.6) is 0 Å². The molecule has 120 valence electrons. The molecule has 0 bridgehead atoms. The molecule has 0 aliphatic carbocycles. The molecule has 1 N–H and O–H groups in total. The standard InChI is InChI=1S/C11H24N2O5S2/c1-11(2,14)10-12-4-6-13(7-5-12)20(17,18)9-8-19(3,15)16/h14H,4-10H2,1-3H3. The van der Waals surface area contributed by atoms with Crippen LogP contribution in [0.3, 0.4) is 0 Å². The van der Waals surface area contributed by atoms with E-state index in [-0.39, 0.29) is 11.5 Å². The Morgan fingerprint density at radius 2 is 1.50 bits per heavy atom. The van der Waals surface area contributed by atoms with Gasteiger partial charge in [-0.25, -0.2) is 16.8 Å². The largest absolute Gasteiger partial charge is 0.389 e. The first-order chi connectivity index (χ1) is 8.89. The third-order valence-electron chi connectivity index (χ3n) is 3.05. The first kappa shape index (κ1) is 17.8. The van der Waals surface area contributed by atoms with Crippen molar-refractivity contribution in [1.82, 2.24) is 9.21 Å². The molecule has 0 atom stereocenters. The Labute approximate surface area is 121 Å². The number of piperazine rings is 1. The number of β-amino-alcohol motifs (C(OH)–C–C–N with tert-alkyl or cyclic N) is 1. The summed E-state index contributed by atoms with van der Waals surface area (Å²) in [5.74, 6) is -0.712. The molecule has 0 saturated carbocycles. The van der Waals surface area contributed by atoms with Gasteiger partial charge in [-0.15, -0.1) is 0 Å². The molecule has 0 amide bonds. The first-order valence-electron chi connectivity index (χ1n) is 6.49. The maximum absolute atomic E-state index is 12.0. The molecule has 1 saturated heterocycles. The maximum atomic E-state index is 12.0. The van der Waals surface area contributed by atoms with Gasteiger partial charge < -0.3 is 5.11 Å². The number of aliphatic hydroxyl groups is 1. The first-order valence-corrected chi connectivity index (χ1v) is 10.2. The zero-order valence-electron chi connectivity index (χ0n) is 12.2. The highest BCUT2D eigenvalue weighted by atomic mass is 32.2. The molecule has 0 radical (unpaired) electrons. The second-order valence-electron chi connectivity index (χ2n) is 5.93. The Morgan fingerprint density at radius 3 is 1.90 bits per heavy atom. The van der Waals surface area contributed by atoms with Crippen molar-refractivity contribution in [2.45, 2.75) is 19.4 Å². The molecule has 0 aromatic carbocycles. The molecule has 0 unspecified atom stereocenters. The fourth-order valence-corrected chi connectivity index (χ4v) is 5.13. The van der Waals surface area contributed by atoms with E-state index in [2.05, 4.69) is 0 Å². The zero-order valence-corrected chi connectivity index (χ0v) is 13.9. The summed E-state index contributed by atoms with van der Waals surface area (Å²) in [5, 5.41) is 9.73. The van der Waals surface area contributed by atoms with E-state index in [1.807, 2.05) is 4.90 Å². The van der Waals surface area contributed by atoms with E-state index < -0.39 is 25.5 Å². The molecule has 1 aliphatic rings. The van der Waals surface area contributed by atoms with E-state index in [0.29, 0.717) is 32.7 Å². The molecule has 20 heavy (non-hydrogen) atoms. The smallest absolute Gasteiger partial charge is 0.215 e. The van der Waals surface area contributed by atoms with Crippen LogP contribution in [0.15, 0.2) is 0 Å². The van der Waals surface area contributed by atoms with Crippen LogP contribution >= 0.6 is 0 Å². The van der Waals surface area contributed by atoms with Crippen LogP contribution in [-0.4, -0.2) is 87.2 Å². The van der Waals surface area contributed by atoms with Crippen molar-refractivity contribution >= 4 is 19.9 Å². The molecule has 0 aromatic heterocycles. The topological polar surface area (TPSA) is 95.0 Å². The van der Waals surface area contributed by atoms with E-state index >= 15 is 0 Å². The average molecular weight is 328 g/mol. The minimum Gasteiger partial charge on any atom is -0.389 e. The fraction of sp³-hybridized carbons (Fsp3) is 1.00. The van der Waals surface area contributed by atoms with E-state index in [0.717, 1.165) is 6.26 Å². The predicted molar refractivity (Wildman–Crippen MR) is 77.8 cm³/mol. The van der Waals surface area contributed by atoms with Crippen LogP contribution < -0.4 is 0 Å². The van der Waals surface area contributed by atoms with Gasteiger partial charge in [0.15, 0.2) is 0 Å². The SMILES string of the molecule is CC(C)(O)CN1CCN(S(=O)(=O)CCS(C)(=O)=O)CC1. The predicted octanol–water partition coefficient (Wildman–Crippen LogP) is -1.25. The van der Waals surface area contributed by atoms with Crippen molar-refractivity contribution in [3.05, 3.63) is 0 Å². The summed E-state index contributed by atoms with van der Waals surface area (Å²) in [4.78, 5) is 2.00. The summed E-state index contributed by atoms with van der Waals surface area (Å²) in [5.41, 5.74) is -0.808. The number of hydrogen-bond donors (Lipinski definition) is 1. The summed E-state index contributed by atoms with van der Waals surface area (Å²) >= 11 is 0. The molecule has 1 aliphatic heterocycles. The van der Waals surface area contributed by atoms with Crippen molar-refractivity contribution in [2.75, 3.05) is 50.5 Å². The zero-order chi connectivity index (χ0) is 15.6. The number of sulfonamides is 1. The van der Waals surface area contributed by atoms with Gasteiger partial charge in [-0.1, -0.05) is 0 Å². The van der Waals surface area contributed by atoms with E-state index in [1.54, 1.807) is 13.8 Å². The lowest BCUT2D eigenvalue weighted by Crippen LogP contribution is -2.52. The van der Waals surface area contributed by atoms with Crippen LogP contribution in [0.4, 0.5) is 0 Å². The summed E-state index contributed by atoms with van der Waals surface area (Å²) in [7, 11) is -6.80. The van der Waals surface area contributed by atoms with Gasteiger partial charge in [0.1, 0.15) is 9.84 Å². The summed E-state index contributed by atoms with van der Waals surface area (Å²) < 4.78 is 47.5. The van der Waals surface area contributed by atoms with E-state index in [9.17, 15) is 21.9 Å². The Bertz CT molecular complexity index is 514. The molecular formula is C11H24N2O5S2. The molecule has 0 spiro atoms. The normalized spacial score (nSPS) is 20.2. The molecule has 1 fully saturated rings. The minimum atomic E-state index is -3.52. The van der Waals surface area contributed by atoms with Gasteiger partial charge in [-0.3, -0.25) is 4.90 Å². The highest BCUT2D eigenvalue weighted by Gasteiger charge is 2.29. The molecule has 1 rings (SSSR count). The number of nitrogens with zero attached hydrogens (tertiary/aromatic N) is 2. The van der Waals surface area contributed by atoms with Crippen LogP contribution in [0.2, 0.25) is 0 Å². The third-order valence-corrected chi connectivity index (χ3v) is 6.12. The van der Waals surface area contributed by atoms with Crippen LogP contribution in [0.1, 0.15) is 13.8 Å². The highest BCUT2D eigenvalue weighted by molar-refractivity contribution is 7.93. The van der Waals surface area contributed by atoms with Gasteiger partial charge in [0.25, 0.3) is 0 Å². The lowest BCUT2D eigenvalue weighted by atomic mass is 10.1. The quantitative estimate of drug-likeness (QED) is 0.655. The second-order valence-corrected chi connectivity index (χ2v) is 10.3. The van der Waals surface area contributed by atoms with Crippen molar-refractivity contribution in [2.24, 2.45) is 0 Å². The van der Waals surface area contributed by atoms with Gasteiger partial charge in [-0.2, -0.15) is 4.31 Å². The average Bonchev–Trinajstić information content (AvgIpc) is 2.24. The maximum Gasteiger partial charge on any atom is 0.215 e. The summed E-state index contributed by atoms with van der Waals surface area (Å²) in [6.07, 6.45) is 1.03. The molecule has 9 heteroatoms. The Morgan fingerprint density at radius 1 is 1.00 bits per heavy atom. The van der Waals surface area contributed by atoms with Crippen molar-refractivity contribution in [1.29, 1.82) is 0 Å². The van der Waals surface area contributed by atoms with E-state index in [1.165, 1.54) is 4.31 Å². The Balaban J connectivity index is 2.52. The van der Waals surface area contributed by atoms with Crippen molar-refractivity contribution in [3.63, 3.8) is 0 Å². The summed E-state index contributed by atoms with van der Waals surface area (Å²) in [6.45, 7) is 5.67. The van der Waals surface area contributed by atoms with Crippen LogP contribution in [0.25, 0.3) is 0 Å². The van der Waals surface area contributed by atoms with Gasteiger partial charge in [-0.05, 0) is 13.8 Å². The van der Waals surface area contributed by atoms with Crippen LogP contribution in [0, 0.1) is 0 Å². The van der Waals surface area contributed by atoms with Crippen molar-refractivity contribution in [3.8, 4) is 0 Å². The van der Waals surface area contributed by atoms with E-state index in [4.69, 9.17) is 0 Å². The Hall–Kier alpha value is -0.220. The molecule has 1 heterocycles. The number of sulfone groups is 1. The lowest BCUT2D eigenvalue weighted by Gasteiger charge is -2.36. The Kier molecular flexibility index (Phi) is 5.59. The third kappa shape index (κ3) is 6.49. The van der Waals surface area contributed by atoms with Gasteiger partial charge in [0, 0.05) is 39.0 Å². The van der Waals surface area contributed by atoms with Gasteiger partial charge in [0.05, 0.1) is 17.1 Å². The molecular weight excluding hydrogens is 304 g/mol.